The van der Waals surface area contributed by atoms with Crippen molar-refractivity contribution < 1.29 is 18.4 Å². The molecule has 0 aliphatic heterocycles. The summed E-state index contributed by atoms with van der Waals surface area (Å²) in [5.74, 6) is -1.94. The first-order valence-electron chi connectivity index (χ1n) is 5.59. The first kappa shape index (κ1) is 11.9. The van der Waals surface area contributed by atoms with Crippen molar-refractivity contribution in [2.75, 3.05) is 0 Å². The van der Waals surface area contributed by atoms with Crippen LogP contribution in [0.15, 0.2) is 18.2 Å². The molecule has 0 amide bonds. The molecule has 1 aliphatic rings. The molecule has 0 N–H and O–H groups in total. The lowest BCUT2D eigenvalue weighted by molar-refractivity contribution is -0.120. The molecule has 0 heterocycles. The van der Waals surface area contributed by atoms with Crippen LogP contribution >= 0.6 is 0 Å². The highest BCUT2D eigenvalue weighted by Crippen LogP contribution is 2.26. The van der Waals surface area contributed by atoms with Crippen LogP contribution < -0.4 is 0 Å². The van der Waals surface area contributed by atoms with Crippen LogP contribution in [0, 0.1) is 17.6 Å². The molecule has 1 aromatic rings. The van der Waals surface area contributed by atoms with Gasteiger partial charge in [0.25, 0.3) is 0 Å². The summed E-state index contributed by atoms with van der Waals surface area (Å²) in [4.78, 5) is 23.0. The Kier molecular flexibility index (Phi) is 3.31. The molecule has 0 spiro atoms. The normalized spacial score (nSPS) is 17.2. The number of ketones is 2. The third kappa shape index (κ3) is 2.57. The van der Waals surface area contributed by atoms with Gasteiger partial charge in [-0.25, -0.2) is 8.78 Å². The van der Waals surface area contributed by atoms with Gasteiger partial charge in [-0.1, -0.05) is 0 Å². The standard InChI is InChI=1S/C13H12F2O2/c14-9-3-6-12(15)11(7-9)13(17)8-1-4-10(16)5-2-8/h3,6-8H,1-2,4-5H2. The molecule has 0 aromatic heterocycles. The Morgan fingerprint density at radius 3 is 2.47 bits per heavy atom. The predicted octanol–water partition coefficient (Wildman–Crippen LogP) is 2.91. The maximum atomic E-state index is 13.4. The Morgan fingerprint density at radius 1 is 1.18 bits per heavy atom. The summed E-state index contributed by atoms with van der Waals surface area (Å²) in [5, 5.41) is 0. The Balaban J connectivity index is 2.19. The smallest absolute Gasteiger partial charge is 0.169 e. The van der Waals surface area contributed by atoms with Crippen LogP contribution in [0.3, 0.4) is 0 Å². The van der Waals surface area contributed by atoms with Gasteiger partial charge < -0.3 is 0 Å². The Hall–Kier alpha value is -1.58. The quantitative estimate of drug-likeness (QED) is 0.742. The number of carbonyl (C=O) groups excluding carboxylic acids is 2. The minimum Gasteiger partial charge on any atom is -0.300 e. The van der Waals surface area contributed by atoms with Gasteiger partial charge in [0, 0.05) is 18.8 Å². The summed E-state index contributed by atoms with van der Waals surface area (Å²) in [6.45, 7) is 0. The molecule has 90 valence electrons. The van der Waals surface area contributed by atoms with Crippen molar-refractivity contribution in [2.45, 2.75) is 25.7 Å². The molecule has 1 aliphatic carbocycles. The molecule has 2 nitrogen and oxygen atoms in total. The van der Waals surface area contributed by atoms with E-state index in [-0.39, 0.29) is 17.3 Å². The summed E-state index contributed by atoms with van der Waals surface area (Å²) >= 11 is 0. The highest BCUT2D eigenvalue weighted by Gasteiger charge is 2.27. The van der Waals surface area contributed by atoms with Crippen molar-refractivity contribution in [1.82, 2.24) is 0 Å². The molecular formula is C13H12F2O2. The van der Waals surface area contributed by atoms with Gasteiger partial charge in [0.15, 0.2) is 5.78 Å². The molecule has 1 saturated carbocycles. The third-order valence-corrected chi connectivity index (χ3v) is 3.11. The molecule has 4 heteroatoms. The first-order valence-corrected chi connectivity index (χ1v) is 5.59. The van der Waals surface area contributed by atoms with E-state index in [1.54, 1.807) is 0 Å². The van der Waals surface area contributed by atoms with E-state index in [4.69, 9.17) is 0 Å². The van der Waals surface area contributed by atoms with E-state index in [0.29, 0.717) is 25.7 Å². The summed E-state index contributed by atoms with van der Waals surface area (Å²) in [6.07, 6.45) is 1.59. The number of hydrogen-bond acceptors (Lipinski definition) is 2. The average molecular weight is 238 g/mol. The number of hydrogen-bond donors (Lipinski definition) is 0. The monoisotopic (exact) mass is 238 g/mol. The topological polar surface area (TPSA) is 34.1 Å². The van der Waals surface area contributed by atoms with Gasteiger partial charge in [-0.05, 0) is 31.0 Å². The van der Waals surface area contributed by atoms with E-state index in [1.165, 1.54) is 0 Å². The van der Waals surface area contributed by atoms with Crippen molar-refractivity contribution >= 4 is 11.6 Å². The summed E-state index contributed by atoms with van der Waals surface area (Å²) in [5.41, 5.74) is -0.204. The summed E-state index contributed by atoms with van der Waals surface area (Å²) in [6, 6.07) is 2.86. The van der Waals surface area contributed by atoms with Crippen LogP contribution in [0.5, 0.6) is 0 Å². The van der Waals surface area contributed by atoms with E-state index in [1.807, 2.05) is 0 Å². The van der Waals surface area contributed by atoms with Gasteiger partial charge >= 0.3 is 0 Å². The van der Waals surface area contributed by atoms with Crippen LogP contribution in [-0.4, -0.2) is 11.6 Å². The van der Waals surface area contributed by atoms with Crippen LogP contribution in [0.25, 0.3) is 0 Å². The zero-order valence-electron chi connectivity index (χ0n) is 9.21. The van der Waals surface area contributed by atoms with Crippen molar-refractivity contribution in [2.24, 2.45) is 5.92 Å². The fourth-order valence-corrected chi connectivity index (χ4v) is 2.11. The van der Waals surface area contributed by atoms with Crippen molar-refractivity contribution in [3.63, 3.8) is 0 Å². The van der Waals surface area contributed by atoms with Gasteiger partial charge in [-0.15, -0.1) is 0 Å². The molecular weight excluding hydrogens is 226 g/mol. The minimum atomic E-state index is -0.701. The SMILES string of the molecule is O=C1CCC(C(=O)c2cc(F)ccc2F)CC1. The van der Waals surface area contributed by atoms with Crippen LogP contribution in [0.1, 0.15) is 36.0 Å². The van der Waals surface area contributed by atoms with Crippen LogP contribution in [-0.2, 0) is 4.79 Å². The second-order valence-electron chi connectivity index (χ2n) is 4.30. The summed E-state index contributed by atoms with van der Waals surface area (Å²) < 4.78 is 26.4. The Bertz CT molecular complexity index is 458. The zero-order chi connectivity index (χ0) is 12.4. The molecule has 1 aromatic carbocycles. The van der Waals surface area contributed by atoms with E-state index in [0.717, 1.165) is 18.2 Å². The molecule has 0 unspecified atom stereocenters. The molecule has 17 heavy (non-hydrogen) atoms. The lowest BCUT2D eigenvalue weighted by atomic mass is 9.83. The molecule has 0 radical (unpaired) electrons. The van der Waals surface area contributed by atoms with E-state index in [9.17, 15) is 18.4 Å². The first-order chi connectivity index (χ1) is 8.08. The number of benzene rings is 1. The van der Waals surface area contributed by atoms with Crippen LogP contribution in [0.2, 0.25) is 0 Å². The van der Waals surface area contributed by atoms with Gasteiger partial charge in [0.2, 0.25) is 0 Å². The lowest BCUT2D eigenvalue weighted by Gasteiger charge is -2.19. The van der Waals surface area contributed by atoms with Crippen molar-refractivity contribution in [1.29, 1.82) is 0 Å². The van der Waals surface area contributed by atoms with E-state index in [2.05, 4.69) is 0 Å². The fraction of sp³-hybridized carbons (Fsp3) is 0.385. The molecule has 0 atom stereocenters. The highest BCUT2D eigenvalue weighted by atomic mass is 19.1. The highest BCUT2D eigenvalue weighted by molar-refractivity contribution is 5.99. The number of Topliss-reactive ketones (excluding diaryl/α,β-unsaturated/α-hetero) is 2. The zero-order valence-corrected chi connectivity index (χ0v) is 9.21. The largest absolute Gasteiger partial charge is 0.300 e. The Morgan fingerprint density at radius 2 is 1.82 bits per heavy atom. The van der Waals surface area contributed by atoms with Gasteiger partial charge in [0.1, 0.15) is 17.4 Å². The number of rotatable bonds is 2. The fourth-order valence-electron chi connectivity index (χ4n) is 2.11. The molecule has 2 rings (SSSR count). The number of carbonyl (C=O) groups is 2. The maximum absolute atomic E-state index is 13.4. The predicted molar refractivity (Wildman–Crippen MR) is 57.7 cm³/mol. The van der Waals surface area contributed by atoms with E-state index < -0.39 is 17.4 Å². The minimum absolute atomic E-state index is 0.133. The third-order valence-electron chi connectivity index (χ3n) is 3.11. The van der Waals surface area contributed by atoms with Gasteiger partial charge in [-0.3, -0.25) is 9.59 Å². The lowest BCUT2D eigenvalue weighted by Crippen LogP contribution is -2.22. The van der Waals surface area contributed by atoms with Crippen LogP contribution in [0.4, 0.5) is 8.78 Å². The number of halogens is 2. The average Bonchev–Trinajstić information content (AvgIpc) is 2.32. The summed E-state index contributed by atoms with van der Waals surface area (Å²) in [7, 11) is 0. The second-order valence-corrected chi connectivity index (χ2v) is 4.30. The van der Waals surface area contributed by atoms with Gasteiger partial charge in [0.05, 0.1) is 5.56 Å². The second kappa shape index (κ2) is 4.73. The maximum Gasteiger partial charge on any atom is 0.169 e. The van der Waals surface area contributed by atoms with E-state index >= 15 is 0 Å². The van der Waals surface area contributed by atoms with Crippen molar-refractivity contribution in [3.05, 3.63) is 35.4 Å². The van der Waals surface area contributed by atoms with Crippen molar-refractivity contribution in [3.8, 4) is 0 Å². The molecule has 0 bridgehead atoms. The van der Waals surface area contributed by atoms with Gasteiger partial charge in [-0.2, -0.15) is 0 Å². The molecule has 1 fully saturated rings. The molecule has 0 saturated heterocycles. The Labute approximate surface area is 97.6 Å².